The van der Waals surface area contributed by atoms with Gasteiger partial charge in [-0.2, -0.15) is 0 Å². The molecule has 10 heteroatoms. The molecule has 0 unspecified atom stereocenters. The third-order valence-corrected chi connectivity index (χ3v) is 2.65. The number of nitrogens with two attached hydrogens (primary N) is 4. The summed E-state index contributed by atoms with van der Waals surface area (Å²) < 4.78 is 0. The lowest BCUT2D eigenvalue weighted by Gasteiger charge is -2.18. The normalized spacial score (nSPS) is 13.1. The van der Waals surface area contributed by atoms with E-state index in [2.05, 4.69) is 15.6 Å². The highest BCUT2D eigenvalue weighted by Crippen LogP contribution is 1.97. The van der Waals surface area contributed by atoms with E-state index in [4.69, 9.17) is 22.9 Å². The second-order valence-electron chi connectivity index (χ2n) is 4.86. The first kappa shape index (κ1) is 19.8. The fourth-order valence-corrected chi connectivity index (χ4v) is 1.58. The Hall–Kier alpha value is -2.20. The zero-order chi connectivity index (χ0) is 17.1. The van der Waals surface area contributed by atoms with Crippen LogP contribution < -0.4 is 33.6 Å². The van der Waals surface area contributed by atoms with E-state index in [-0.39, 0.29) is 12.4 Å². The third-order valence-electron chi connectivity index (χ3n) is 2.65. The van der Waals surface area contributed by atoms with Crippen LogP contribution in [0, 0.1) is 0 Å². The van der Waals surface area contributed by atoms with E-state index in [1.807, 2.05) is 0 Å². The van der Waals surface area contributed by atoms with Crippen molar-refractivity contribution in [3.05, 3.63) is 0 Å². The molecular formula is C12H25N7O3. The number of rotatable bonds is 10. The molecule has 0 bridgehead atoms. The Balaban J connectivity index is 4.20. The monoisotopic (exact) mass is 315 g/mol. The third kappa shape index (κ3) is 9.66. The molecule has 126 valence electrons. The van der Waals surface area contributed by atoms with Gasteiger partial charge in [0.1, 0.15) is 12.3 Å². The lowest BCUT2D eigenvalue weighted by molar-refractivity contribution is -0.129. The van der Waals surface area contributed by atoms with Crippen LogP contribution in [0.25, 0.3) is 0 Å². The van der Waals surface area contributed by atoms with Gasteiger partial charge in [0.15, 0.2) is 5.96 Å². The highest BCUT2D eigenvalue weighted by Gasteiger charge is 2.19. The molecule has 0 aliphatic carbocycles. The van der Waals surface area contributed by atoms with Gasteiger partial charge in [-0.05, 0) is 19.8 Å². The zero-order valence-electron chi connectivity index (χ0n) is 12.6. The molecule has 0 heterocycles. The molecule has 2 atom stereocenters. The van der Waals surface area contributed by atoms with E-state index in [0.29, 0.717) is 25.7 Å². The van der Waals surface area contributed by atoms with E-state index in [1.165, 1.54) is 6.92 Å². The van der Waals surface area contributed by atoms with Crippen molar-refractivity contribution >= 4 is 24.1 Å². The molecule has 10 nitrogen and oxygen atoms in total. The predicted octanol–water partition coefficient (Wildman–Crippen LogP) is -3.14. The van der Waals surface area contributed by atoms with Crippen molar-refractivity contribution in [2.24, 2.45) is 27.9 Å². The molecule has 0 aromatic heterocycles. The molecule has 2 amide bonds. The minimum atomic E-state index is -0.800. The Morgan fingerprint density at radius 3 is 2.36 bits per heavy atom. The van der Waals surface area contributed by atoms with Gasteiger partial charge >= 0.3 is 0 Å². The van der Waals surface area contributed by atoms with Crippen molar-refractivity contribution in [1.29, 1.82) is 0 Å². The van der Waals surface area contributed by atoms with E-state index in [1.54, 1.807) is 0 Å². The molecule has 0 aliphatic rings. The van der Waals surface area contributed by atoms with E-state index >= 15 is 0 Å². The van der Waals surface area contributed by atoms with Crippen LogP contribution in [0.15, 0.2) is 4.99 Å². The van der Waals surface area contributed by atoms with Crippen LogP contribution in [-0.4, -0.2) is 48.9 Å². The van der Waals surface area contributed by atoms with Crippen LogP contribution >= 0.6 is 0 Å². The second kappa shape index (κ2) is 10.5. The van der Waals surface area contributed by atoms with E-state index in [0.717, 1.165) is 0 Å². The van der Waals surface area contributed by atoms with Crippen molar-refractivity contribution in [2.75, 3.05) is 6.54 Å². The van der Waals surface area contributed by atoms with Crippen molar-refractivity contribution in [3.63, 3.8) is 0 Å². The molecule has 0 fully saturated rings. The van der Waals surface area contributed by atoms with Gasteiger partial charge in [0.2, 0.25) is 11.8 Å². The second-order valence-corrected chi connectivity index (χ2v) is 4.86. The number of guanidine groups is 1. The largest absolute Gasteiger partial charge is 0.370 e. The maximum Gasteiger partial charge on any atom is 0.242 e. The number of nitrogens with one attached hydrogen (secondary N) is 2. The minimum Gasteiger partial charge on any atom is -0.370 e. The number of hydrogen-bond donors (Lipinski definition) is 6. The summed E-state index contributed by atoms with van der Waals surface area (Å²) in [5, 5.41) is 4.96. The van der Waals surface area contributed by atoms with E-state index in [9.17, 15) is 14.4 Å². The summed E-state index contributed by atoms with van der Waals surface area (Å²) >= 11 is 0. The van der Waals surface area contributed by atoms with Gasteiger partial charge in [0.05, 0.1) is 18.6 Å². The molecule has 0 radical (unpaired) electrons. The fourth-order valence-electron chi connectivity index (χ4n) is 1.58. The SMILES string of the molecule is C[C@H](NC(=O)CC(N)N)C(=O)N[C@H](C=O)CCCN=C(N)N. The Labute approximate surface area is 129 Å². The molecule has 0 aromatic carbocycles. The van der Waals surface area contributed by atoms with Crippen LogP contribution in [-0.2, 0) is 14.4 Å². The van der Waals surface area contributed by atoms with Crippen LogP contribution in [0.5, 0.6) is 0 Å². The number of carbonyl (C=O) groups is 3. The molecule has 0 rings (SSSR count). The molecular weight excluding hydrogens is 290 g/mol. The fraction of sp³-hybridized carbons (Fsp3) is 0.667. The number of amides is 2. The molecule has 0 saturated heterocycles. The summed E-state index contributed by atoms with van der Waals surface area (Å²) in [5.74, 6) is -0.938. The summed E-state index contributed by atoms with van der Waals surface area (Å²) in [6.45, 7) is 1.86. The topological polar surface area (TPSA) is 192 Å². The number of carbonyl (C=O) groups excluding carboxylic acids is 3. The maximum absolute atomic E-state index is 11.9. The molecule has 0 aliphatic heterocycles. The maximum atomic E-state index is 11.9. The molecule has 0 spiro atoms. The first-order valence-electron chi connectivity index (χ1n) is 6.87. The Morgan fingerprint density at radius 2 is 1.86 bits per heavy atom. The average Bonchev–Trinajstić information content (AvgIpc) is 2.40. The average molecular weight is 315 g/mol. The lowest BCUT2D eigenvalue weighted by Crippen LogP contribution is -2.49. The van der Waals surface area contributed by atoms with Crippen LogP contribution in [0.4, 0.5) is 0 Å². The summed E-state index contributed by atoms with van der Waals surface area (Å²) in [5.41, 5.74) is 20.9. The van der Waals surface area contributed by atoms with Crippen LogP contribution in [0.1, 0.15) is 26.2 Å². The first-order valence-corrected chi connectivity index (χ1v) is 6.87. The number of aldehydes is 1. The summed E-state index contributed by atoms with van der Waals surface area (Å²) in [6.07, 6.45) is 0.670. The quantitative estimate of drug-likeness (QED) is 0.0806. The Morgan fingerprint density at radius 1 is 1.23 bits per heavy atom. The number of hydrogen-bond acceptors (Lipinski definition) is 6. The van der Waals surface area contributed by atoms with Gasteiger partial charge < -0.3 is 38.4 Å². The number of nitrogens with zero attached hydrogens (tertiary/aromatic N) is 1. The van der Waals surface area contributed by atoms with Gasteiger partial charge in [-0.15, -0.1) is 0 Å². The van der Waals surface area contributed by atoms with Gasteiger partial charge in [0.25, 0.3) is 0 Å². The summed E-state index contributed by atoms with van der Waals surface area (Å²) in [6, 6.07) is -1.47. The Kier molecular flexibility index (Phi) is 9.46. The minimum absolute atomic E-state index is 0.0267. The van der Waals surface area contributed by atoms with Crippen LogP contribution in [0.2, 0.25) is 0 Å². The van der Waals surface area contributed by atoms with Gasteiger partial charge in [-0.25, -0.2) is 0 Å². The highest BCUT2D eigenvalue weighted by atomic mass is 16.2. The predicted molar refractivity (Wildman–Crippen MR) is 82.3 cm³/mol. The van der Waals surface area contributed by atoms with Gasteiger partial charge in [-0.1, -0.05) is 0 Å². The van der Waals surface area contributed by atoms with Gasteiger partial charge in [0, 0.05) is 6.54 Å². The zero-order valence-corrected chi connectivity index (χ0v) is 12.6. The Bertz CT molecular complexity index is 408. The first-order chi connectivity index (χ1) is 10.3. The standard InChI is InChI=1S/C12H25N7O3/c1-7(18-10(21)5-9(13)14)11(22)19-8(6-20)3-2-4-17-12(15)16/h6-9H,2-5,13-14H2,1H3,(H,18,21)(H,19,22)(H4,15,16,17)/t7-,8-/m0/s1. The highest BCUT2D eigenvalue weighted by molar-refractivity contribution is 5.88. The molecule has 0 aromatic rings. The molecule has 0 saturated carbocycles. The van der Waals surface area contributed by atoms with E-state index < -0.39 is 30.1 Å². The van der Waals surface area contributed by atoms with Crippen molar-refractivity contribution < 1.29 is 14.4 Å². The summed E-state index contributed by atoms with van der Waals surface area (Å²) in [4.78, 5) is 38.0. The smallest absolute Gasteiger partial charge is 0.242 e. The van der Waals surface area contributed by atoms with Crippen LogP contribution in [0.3, 0.4) is 0 Å². The van der Waals surface area contributed by atoms with Crippen molar-refractivity contribution in [3.8, 4) is 0 Å². The summed E-state index contributed by atoms with van der Waals surface area (Å²) in [7, 11) is 0. The lowest BCUT2D eigenvalue weighted by atomic mass is 10.1. The molecule has 10 N–H and O–H groups in total. The van der Waals surface area contributed by atoms with Crippen molar-refractivity contribution in [2.45, 2.75) is 44.4 Å². The van der Waals surface area contributed by atoms with Crippen molar-refractivity contribution in [1.82, 2.24) is 10.6 Å². The molecule has 22 heavy (non-hydrogen) atoms. The van der Waals surface area contributed by atoms with Gasteiger partial charge in [-0.3, -0.25) is 14.6 Å². The number of aliphatic imine (C=N–C) groups is 1.